The van der Waals surface area contributed by atoms with Crippen molar-refractivity contribution in [3.05, 3.63) is 65.4 Å². The normalized spacial score (nSPS) is 15.3. The van der Waals surface area contributed by atoms with Crippen LogP contribution < -0.4 is 10.6 Å². The third-order valence-corrected chi connectivity index (χ3v) is 3.84. The zero-order chi connectivity index (χ0) is 18.7. The molecule has 1 saturated heterocycles. The number of hydrogen-bond acceptors (Lipinski definition) is 4. The second kappa shape index (κ2) is 7.10. The van der Waals surface area contributed by atoms with Crippen molar-refractivity contribution in [3.8, 4) is 5.75 Å². The third kappa shape index (κ3) is 3.72. The first kappa shape index (κ1) is 17.2. The van der Waals surface area contributed by atoms with Crippen molar-refractivity contribution in [2.75, 3.05) is 11.9 Å². The minimum Gasteiger partial charge on any atom is -0.507 e. The Bertz CT molecular complexity index is 903. The standard InChI is InChI=1S/C19H17N3O4/c1-12-6-8-14(9-7-12)20-17(24)11-22-18(25)15(21-19(22)26)10-13-4-2-3-5-16(13)23/h2-10,23H,11H2,1H3,(H,20,24)(H,21,26)/b15-10-. The highest BCUT2D eigenvalue weighted by Crippen LogP contribution is 2.21. The lowest BCUT2D eigenvalue weighted by Gasteiger charge is -2.12. The number of nitrogens with zero attached hydrogens (tertiary/aromatic N) is 1. The second-order valence-electron chi connectivity index (χ2n) is 5.85. The molecule has 1 aliphatic rings. The first-order valence-electron chi connectivity index (χ1n) is 7.93. The van der Waals surface area contributed by atoms with E-state index < -0.39 is 24.4 Å². The van der Waals surface area contributed by atoms with Gasteiger partial charge in [-0.2, -0.15) is 0 Å². The molecule has 7 nitrogen and oxygen atoms in total. The predicted octanol–water partition coefficient (Wildman–Crippen LogP) is 2.23. The molecule has 0 saturated carbocycles. The number of phenols is 1. The van der Waals surface area contributed by atoms with Crippen molar-refractivity contribution in [1.82, 2.24) is 10.2 Å². The average molecular weight is 351 g/mol. The monoisotopic (exact) mass is 351 g/mol. The average Bonchev–Trinajstić information content (AvgIpc) is 2.86. The van der Waals surface area contributed by atoms with Gasteiger partial charge in [-0.3, -0.25) is 9.59 Å². The van der Waals surface area contributed by atoms with Crippen molar-refractivity contribution in [1.29, 1.82) is 0 Å². The zero-order valence-corrected chi connectivity index (χ0v) is 14.0. The minimum atomic E-state index is -0.685. The molecule has 7 heteroatoms. The number of phenolic OH excluding ortho intramolecular Hbond substituents is 1. The molecular weight excluding hydrogens is 334 g/mol. The number of amides is 4. The van der Waals surface area contributed by atoms with Gasteiger partial charge in [0.1, 0.15) is 18.0 Å². The van der Waals surface area contributed by atoms with Crippen LogP contribution in [-0.4, -0.2) is 34.4 Å². The summed E-state index contributed by atoms with van der Waals surface area (Å²) in [5, 5.41) is 14.8. The van der Waals surface area contributed by atoms with E-state index in [1.807, 2.05) is 19.1 Å². The van der Waals surface area contributed by atoms with E-state index in [1.54, 1.807) is 30.3 Å². The van der Waals surface area contributed by atoms with Crippen LogP contribution in [0.4, 0.5) is 10.5 Å². The molecule has 3 rings (SSSR count). The number of carbonyl (C=O) groups excluding carboxylic acids is 3. The molecule has 2 aromatic rings. The first-order valence-corrected chi connectivity index (χ1v) is 7.93. The molecule has 1 aliphatic heterocycles. The molecule has 2 aromatic carbocycles. The Morgan fingerprint density at radius 2 is 1.85 bits per heavy atom. The SMILES string of the molecule is Cc1ccc(NC(=O)CN2C(=O)N/C(=C\c3ccccc3O)C2=O)cc1. The number of aromatic hydroxyl groups is 1. The van der Waals surface area contributed by atoms with Gasteiger partial charge >= 0.3 is 6.03 Å². The van der Waals surface area contributed by atoms with Crippen LogP contribution in [-0.2, 0) is 9.59 Å². The van der Waals surface area contributed by atoms with Gasteiger partial charge < -0.3 is 15.7 Å². The molecule has 3 N–H and O–H groups in total. The fourth-order valence-corrected chi connectivity index (χ4v) is 2.46. The lowest BCUT2D eigenvalue weighted by molar-refractivity contribution is -0.127. The lowest BCUT2D eigenvalue weighted by atomic mass is 10.1. The van der Waals surface area contributed by atoms with Gasteiger partial charge in [0.05, 0.1) is 0 Å². The molecule has 132 valence electrons. The number of aryl methyl sites for hydroxylation is 1. The van der Waals surface area contributed by atoms with E-state index in [2.05, 4.69) is 10.6 Å². The summed E-state index contributed by atoms with van der Waals surface area (Å²) in [6, 6.07) is 12.9. The van der Waals surface area contributed by atoms with Crippen LogP contribution in [0.2, 0.25) is 0 Å². The highest BCUT2D eigenvalue weighted by atomic mass is 16.3. The smallest absolute Gasteiger partial charge is 0.329 e. The van der Waals surface area contributed by atoms with Crippen LogP contribution in [0, 0.1) is 6.92 Å². The second-order valence-corrected chi connectivity index (χ2v) is 5.85. The first-order chi connectivity index (χ1) is 12.4. The van der Waals surface area contributed by atoms with Crippen LogP contribution in [0.25, 0.3) is 6.08 Å². The van der Waals surface area contributed by atoms with Crippen molar-refractivity contribution in [3.63, 3.8) is 0 Å². The maximum absolute atomic E-state index is 12.4. The van der Waals surface area contributed by atoms with Gasteiger partial charge in [-0.05, 0) is 31.2 Å². The molecule has 0 unspecified atom stereocenters. The van der Waals surface area contributed by atoms with Gasteiger partial charge in [0.15, 0.2) is 0 Å². The van der Waals surface area contributed by atoms with Gasteiger partial charge in [-0.1, -0.05) is 35.9 Å². The van der Waals surface area contributed by atoms with Gasteiger partial charge in [0.2, 0.25) is 5.91 Å². The molecule has 0 atom stereocenters. The number of rotatable bonds is 4. The Morgan fingerprint density at radius 1 is 1.15 bits per heavy atom. The Morgan fingerprint density at radius 3 is 2.54 bits per heavy atom. The fourth-order valence-electron chi connectivity index (χ4n) is 2.46. The van der Waals surface area contributed by atoms with Crippen molar-refractivity contribution in [2.45, 2.75) is 6.92 Å². The minimum absolute atomic E-state index is 0.000337. The maximum atomic E-state index is 12.4. The van der Waals surface area contributed by atoms with Gasteiger partial charge in [0.25, 0.3) is 5.91 Å². The zero-order valence-electron chi connectivity index (χ0n) is 14.0. The molecule has 4 amide bonds. The van der Waals surface area contributed by atoms with Crippen LogP contribution in [0.3, 0.4) is 0 Å². The molecule has 26 heavy (non-hydrogen) atoms. The Labute approximate surface area is 149 Å². The Balaban J connectivity index is 1.70. The Kier molecular flexibility index (Phi) is 4.70. The largest absolute Gasteiger partial charge is 0.507 e. The predicted molar refractivity (Wildman–Crippen MR) is 96.1 cm³/mol. The molecule has 0 bridgehead atoms. The number of hydrogen-bond donors (Lipinski definition) is 3. The van der Waals surface area contributed by atoms with Crippen molar-refractivity contribution >= 4 is 29.6 Å². The lowest BCUT2D eigenvalue weighted by Crippen LogP contribution is -2.38. The van der Waals surface area contributed by atoms with Gasteiger partial charge in [-0.25, -0.2) is 9.69 Å². The number of benzene rings is 2. The van der Waals surface area contributed by atoms with Crippen LogP contribution in [0.15, 0.2) is 54.2 Å². The van der Waals surface area contributed by atoms with E-state index in [0.29, 0.717) is 11.3 Å². The maximum Gasteiger partial charge on any atom is 0.329 e. The molecule has 0 spiro atoms. The summed E-state index contributed by atoms with van der Waals surface area (Å²) in [5.41, 5.74) is 2.02. The molecule has 0 radical (unpaired) electrons. The summed E-state index contributed by atoms with van der Waals surface area (Å²) in [7, 11) is 0. The van der Waals surface area contributed by atoms with E-state index >= 15 is 0 Å². The summed E-state index contributed by atoms with van der Waals surface area (Å²) >= 11 is 0. The third-order valence-electron chi connectivity index (χ3n) is 3.84. The Hall–Kier alpha value is -3.61. The van der Waals surface area contributed by atoms with Crippen molar-refractivity contribution in [2.24, 2.45) is 0 Å². The summed E-state index contributed by atoms with van der Waals surface area (Å²) < 4.78 is 0. The summed E-state index contributed by atoms with van der Waals surface area (Å²) in [6.45, 7) is 1.52. The fraction of sp³-hybridized carbons (Fsp3) is 0.105. The number of nitrogens with one attached hydrogen (secondary N) is 2. The number of anilines is 1. The summed E-state index contributed by atoms with van der Waals surface area (Å²) in [5.74, 6) is -1.13. The van der Waals surface area contributed by atoms with Crippen LogP contribution in [0.5, 0.6) is 5.75 Å². The van der Waals surface area contributed by atoms with E-state index in [9.17, 15) is 19.5 Å². The van der Waals surface area contributed by atoms with Crippen LogP contribution >= 0.6 is 0 Å². The van der Waals surface area contributed by atoms with Crippen LogP contribution in [0.1, 0.15) is 11.1 Å². The van der Waals surface area contributed by atoms with Gasteiger partial charge in [0, 0.05) is 11.3 Å². The van der Waals surface area contributed by atoms with E-state index in [0.717, 1.165) is 10.5 Å². The molecular formula is C19H17N3O4. The number of carbonyl (C=O) groups is 3. The number of para-hydroxylation sites is 1. The van der Waals surface area contributed by atoms with Crippen molar-refractivity contribution < 1.29 is 19.5 Å². The number of imide groups is 1. The topological polar surface area (TPSA) is 98.7 Å². The molecule has 0 aliphatic carbocycles. The van der Waals surface area contributed by atoms with E-state index in [1.165, 1.54) is 12.1 Å². The summed E-state index contributed by atoms with van der Waals surface area (Å²) in [6.07, 6.45) is 1.37. The molecule has 0 aromatic heterocycles. The quantitative estimate of drug-likeness (QED) is 0.581. The van der Waals surface area contributed by atoms with E-state index in [4.69, 9.17) is 0 Å². The molecule has 1 fully saturated rings. The molecule has 1 heterocycles. The highest BCUT2D eigenvalue weighted by molar-refractivity contribution is 6.16. The van der Waals surface area contributed by atoms with E-state index in [-0.39, 0.29) is 11.4 Å². The van der Waals surface area contributed by atoms with Gasteiger partial charge in [-0.15, -0.1) is 0 Å². The number of urea groups is 1. The highest BCUT2D eigenvalue weighted by Gasteiger charge is 2.35. The summed E-state index contributed by atoms with van der Waals surface area (Å²) in [4.78, 5) is 37.3.